The first kappa shape index (κ1) is 15.0. The molecule has 0 saturated heterocycles. The second-order valence-corrected chi connectivity index (χ2v) is 6.63. The number of aryl methyl sites for hydroxylation is 1. The molecule has 1 N–H and O–H groups in total. The summed E-state index contributed by atoms with van der Waals surface area (Å²) in [6.45, 7) is 1.84. The summed E-state index contributed by atoms with van der Waals surface area (Å²) in [5, 5.41) is 20.4. The Kier molecular flexibility index (Phi) is 3.95. The minimum absolute atomic E-state index is 0.00442. The maximum Gasteiger partial charge on any atom is 0.270 e. The summed E-state index contributed by atoms with van der Waals surface area (Å²) in [6.07, 6.45) is 0. The zero-order valence-electron chi connectivity index (χ0n) is 11.2. The number of phenolic OH excluding ortho intramolecular Hbond substituents is 1. The Bertz CT molecular complexity index is 782. The van der Waals surface area contributed by atoms with E-state index in [0.29, 0.717) is 0 Å². The van der Waals surface area contributed by atoms with Gasteiger partial charge < -0.3 is 5.11 Å². The number of nitro groups is 1. The van der Waals surface area contributed by atoms with E-state index in [-0.39, 0.29) is 21.9 Å². The second-order valence-electron chi connectivity index (χ2n) is 4.64. The Balaban J connectivity index is 2.38. The molecule has 110 valence electrons. The van der Waals surface area contributed by atoms with Gasteiger partial charge in [-0.2, -0.15) is 0 Å². The lowest BCUT2D eigenvalue weighted by atomic mass is 10.2. The van der Waals surface area contributed by atoms with E-state index in [1.54, 1.807) is 12.1 Å². The number of rotatable bonds is 4. The molecule has 7 heteroatoms. The monoisotopic (exact) mass is 307 g/mol. The third-order valence-electron chi connectivity index (χ3n) is 3.00. The number of hydrogen-bond donors (Lipinski definition) is 1. The highest BCUT2D eigenvalue weighted by Gasteiger charge is 2.19. The van der Waals surface area contributed by atoms with Gasteiger partial charge in [-0.1, -0.05) is 17.7 Å². The van der Waals surface area contributed by atoms with E-state index >= 15 is 0 Å². The van der Waals surface area contributed by atoms with Crippen LogP contribution in [0.5, 0.6) is 5.75 Å². The van der Waals surface area contributed by atoms with Crippen molar-refractivity contribution in [1.82, 2.24) is 0 Å². The fourth-order valence-electron chi connectivity index (χ4n) is 1.83. The van der Waals surface area contributed by atoms with Gasteiger partial charge in [-0.15, -0.1) is 0 Å². The van der Waals surface area contributed by atoms with Crippen molar-refractivity contribution in [1.29, 1.82) is 0 Å². The van der Waals surface area contributed by atoms with E-state index in [1.807, 2.05) is 6.92 Å². The highest BCUT2D eigenvalue weighted by Crippen LogP contribution is 2.27. The summed E-state index contributed by atoms with van der Waals surface area (Å²) in [4.78, 5) is 10.2. The van der Waals surface area contributed by atoms with Crippen LogP contribution >= 0.6 is 0 Å². The molecule has 21 heavy (non-hydrogen) atoms. The third-order valence-corrected chi connectivity index (χ3v) is 4.68. The van der Waals surface area contributed by atoms with E-state index in [9.17, 15) is 23.6 Å². The third kappa shape index (κ3) is 3.38. The molecule has 0 atom stereocenters. The van der Waals surface area contributed by atoms with Gasteiger partial charge in [0.2, 0.25) is 0 Å². The largest absolute Gasteiger partial charge is 0.508 e. The number of nitro benzene ring substituents is 1. The molecule has 6 nitrogen and oxygen atoms in total. The smallest absolute Gasteiger partial charge is 0.270 e. The summed E-state index contributed by atoms with van der Waals surface area (Å²) in [5.41, 5.74) is 0.666. The second kappa shape index (κ2) is 5.53. The Hall–Kier alpha value is -2.41. The van der Waals surface area contributed by atoms with Gasteiger partial charge in [0.05, 0.1) is 15.6 Å². The molecule has 0 bridgehead atoms. The predicted molar refractivity (Wildman–Crippen MR) is 76.8 cm³/mol. The molecule has 0 amide bonds. The van der Waals surface area contributed by atoms with Crippen LogP contribution in [-0.2, 0) is 15.6 Å². The van der Waals surface area contributed by atoms with Gasteiger partial charge in [0.15, 0.2) is 9.84 Å². The maximum absolute atomic E-state index is 12.3. The number of benzene rings is 2. The van der Waals surface area contributed by atoms with Crippen molar-refractivity contribution in [2.24, 2.45) is 0 Å². The summed E-state index contributed by atoms with van der Waals surface area (Å²) in [6, 6.07) is 9.59. The fraction of sp³-hybridized carbons (Fsp3) is 0.143. The van der Waals surface area contributed by atoms with Crippen molar-refractivity contribution in [3.05, 3.63) is 63.7 Å². The first-order valence-corrected chi connectivity index (χ1v) is 7.70. The first-order valence-electron chi connectivity index (χ1n) is 6.05. The van der Waals surface area contributed by atoms with Gasteiger partial charge in [-0.25, -0.2) is 8.42 Å². The van der Waals surface area contributed by atoms with Crippen LogP contribution in [0.1, 0.15) is 11.1 Å². The summed E-state index contributed by atoms with van der Waals surface area (Å²) in [5.74, 6) is -0.778. The van der Waals surface area contributed by atoms with E-state index < -0.39 is 20.5 Å². The fourth-order valence-corrected chi connectivity index (χ4v) is 3.19. The van der Waals surface area contributed by atoms with Crippen LogP contribution in [0.4, 0.5) is 5.69 Å². The molecule has 0 radical (unpaired) electrons. The van der Waals surface area contributed by atoms with Gasteiger partial charge in [0, 0.05) is 17.7 Å². The molecule has 0 aliphatic rings. The van der Waals surface area contributed by atoms with Crippen LogP contribution in [-0.4, -0.2) is 18.4 Å². The summed E-state index contributed by atoms with van der Waals surface area (Å²) >= 11 is 0. The van der Waals surface area contributed by atoms with E-state index in [4.69, 9.17) is 0 Å². The molecule has 0 fully saturated rings. The van der Waals surface area contributed by atoms with Gasteiger partial charge >= 0.3 is 0 Å². The van der Waals surface area contributed by atoms with Gasteiger partial charge in [-0.3, -0.25) is 10.1 Å². The maximum atomic E-state index is 12.3. The highest BCUT2D eigenvalue weighted by atomic mass is 32.2. The van der Waals surface area contributed by atoms with Gasteiger partial charge in [0.25, 0.3) is 5.69 Å². The molecule has 2 aromatic rings. The standard InChI is InChI=1S/C14H13NO5S/c1-10-2-5-13(6-3-10)21(19,20)9-11-8-12(15(17)18)4-7-14(11)16/h2-8,16H,9H2,1H3. The van der Waals surface area contributed by atoms with E-state index in [0.717, 1.165) is 23.8 Å². The average Bonchev–Trinajstić information content (AvgIpc) is 2.41. The van der Waals surface area contributed by atoms with Crippen LogP contribution in [0.15, 0.2) is 47.4 Å². The average molecular weight is 307 g/mol. The Morgan fingerprint density at radius 3 is 2.33 bits per heavy atom. The molecule has 0 spiro atoms. The Labute approximate surface area is 121 Å². The van der Waals surface area contributed by atoms with Crippen LogP contribution in [0.25, 0.3) is 0 Å². The zero-order chi connectivity index (χ0) is 15.6. The van der Waals surface area contributed by atoms with Crippen LogP contribution in [0, 0.1) is 17.0 Å². The lowest BCUT2D eigenvalue weighted by molar-refractivity contribution is -0.384. The molecular weight excluding hydrogens is 294 g/mol. The van der Waals surface area contributed by atoms with Crippen molar-refractivity contribution < 1.29 is 18.4 Å². The number of nitrogens with zero attached hydrogens (tertiary/aromatic N) is 1. The molecule has 0 aliphatic carbocycles. The SMILES string of the molecule is Cc1ccc(S(=O)(=O)Cc2cc([N+](=O)[O-])ccc2O)cc1. The lowest BCUT2D eigenvalue weighted by Gasteiger charge is -2.07. The number of non-ortho nitro benzene ring substituents is 1. The molecule has 0 aromatic heterocycles. The van der Waals surface area contributed by atoms with Crippen molar-refractivity contribution in [2.45, 2.75) is 17.6 Å². The van der Waals surface area contributed by atoms with Crippen molar-refractivity contribution in [3.63, 3.8) is 0 Å². The van der Waals surface area contributed by atoms with Gasteiger partial charge in [0.1, 0.15) is 5.75 Å². The topological polar surface area (TPSA) is 97.5 Å². The van der Waals surface area contributed by atoms with Crippen LogP contribution in [0.2, 0.25) is 0 Å². The Morgan fingerprint density at radius 1 is 1.14 bits per heavy atom. The minimum Gasteiger partial charge on any atom is -0.508 e. The summed E-state index contributed by atoms with van der Waals surface area (Å²) in [7, 11) is -3.68. The van der Waals surface area contributed by atoms with Crippen LogP contribution < -0.4 is 0 Å². The quantitative estimate of drug-likeness (QED) is 0.691. The molecule has 0 heterocycles. The molecule has 0 aliphatic heterocycles. The van der Waals surface area contributed by atoms with Gasteiger partial charge in [-0.05, 0) is 25.1 Å². The first-order chi connectivity index (χ1) is 9.79. The normalized spacial score (nSPS) is 11.3. The Morgan fingerprint density at radius 2 is 1.76 bits per heavy atom. The summed E-state index contributed by atoms with van der Waals surface area (Å²) < 4.78 is 24.5. The number of hydrogen-bond acceptors (Lipinski definition) is 5. The number of aromatic hydroxyl groups is 1. The molecule has 0 saturated carbocycles. The predicted octanol–water partition coefficient (Wildman–Crippen LogP) is 2.58. The van der Waals surface area contributed by atoms with Crippen LogP contribution in [0.3, 0.4) is 0 Å². The number of sulfone groups is 1. The minimum atomic E-state index is -3.68. The van der Waals surface area contributed by atoms with E-state index in [1.165, 1.54) is 12.1 Å². The zero-order valence-corrected chi connectivity index (χ0v) is 12.0. The van der Waals surface area contributed by atoms with E-state index in [2.05, 4.69) is 0 Å². The highest BCUT2D eigenvalue weighted by molar-refractivity contribution is 7.90. The van der Waals surface area contributed by atoms with Crippen molar-refractivity contribution in [2.75, 3.05) is 0 Å². The molecular formula is C14H13NO5S. The van der Waals surface area contributed by atoms with Crippen molar-refractivity contribution >= 4 is 15.5 Å². The molecule has 2 rings (SSSR count). The molecule has 2 aromatic carbocycles. The van der Waals surface area contributed by atoms with Crippen molar-refractivity contribution in [3.8, 4) is 5.75 Å². The lowest BCUT2D eigenvalue weighted by Crippen LogP contribution is -2.05. The molecule has 0 unspecified atom stereocenters. The number of phenols is 1.